The molecule has 1 fully saturated rings. The van der Waals surface area contributed by atoms with E-state index in [2.05, 4.69) is 39.9 Å². The molecule has 2 N–H and O–H groups in total. The predicted octanol–water partition coefficient (Wildman–Crippen LogP) is 2.25. The number of likely N-dealkylation sites (tertiary alicyclic amines) is 1. The van der Waals surface area contributed by atoms with Gasteiger partial charge in [0.05, 0.1) is 18.2 Å². The minimum absolute atomic E-state index is 0.0236. The molecule has 0 saturated carbocycles. The molecule has 2 heterocycles. The second-order valence-electron chi connectivity index (χ2n) is 9.20. The van der Waals surface area contributed by atoms with E-state index in [1.165, 1.54) is 9.58 Å². The van der Waals surface area contributed by atoms with Crippen LogP contribution in [0.15, 0.2) is 54.7 Å². The second-order valence-corrected chi connectivity index (χ2v) is 9.20. The number of ether oxygens (including phenoxy) is 1. The van der Waals surface area contributed by atoms with Crippen molar-refractivity contribution in [1.29, 1.82) is 0 Å². The molecule has 0 radical (unpaired) electrons. The number of alkyl carbamates (subject to hydrolysis) is 1. The summed E-state index contributed by atoms with van der Waals surface area (Å²) in [6.45, 7) is 2.23. The third-order valence-electron chi connectivity index (χ3n) is 6.59. The number of aromatic nitrogens is 3. The Morgan fingerprint density at radius 2 is 1.71 bits per heavy atom. The van der Waals surface area contributed by atoms with Crippen molar-refractivity contribution in [2.24, 2.45) is 5.41 Å². The molecule has 0 bridgehead atoms. The fraction of sp³-hybridized carbons (Fsp3) is 0.320. The van der Waals surface area contributed by atoms with Crippen LogP contribution in [0.1, 0.15) is 29.7 Å². The molecule has 0 spiro atoms. The van der Waals surface area contributed by atoms with Gasteiger partial charge in [0.25, 0.3) is 0 Å². The molecule has 35 heavy (non-hydrogen) atoms. The van der Waals surface area contributed by atoms with Crippen LogP contribution in [-0.2, 0) is 27.4 Å². The van der Waals surface area contributed by atoms with Crippen LogP contribution >= 0.6 is 0 Å². The first-order chi connectivity index (χ1) is 16.8. The number of nitrogens with one attached hydrogen (secondary N) is 1. The normalized spacial score (nSPS) is 15.6. The van der Waals surface area contributed by atoms with Crippen LogP contribution in [0.25, 0.3) is 11.1 Å². The van der Waals surface area contributed by atoms with Gasteiger partial charge in [-0.2, -0.15) is 0 Å². The summed E-state index contributed by atoms with van der Waals surface area (Å²) in [6, 6.07) is 16.2. The van der Waals surface area contributed by atoms with Crippen molar-refractivity contribution in [3.63, 3.8) is 0 Å². The van der Waals surface area contributed by atoms with Gasteiger partial charge in [-0.1, -0.05) is 53.7 Å². The van der Waals surface area contributed by atoms with Crippen molar-refractivity contribution in [3.05, 3.63) is 71.5 Å². The highest BCUT2D eigenvalue weighted by molar-refractivity contribution is 5.83. The summed E-state index contributed by atoms with van der Waals surface area (Å²) in [4.78, 5) is 37.3. The Hall–Kier alpha value is -4.21. The molecule has 10 nitrogen and oxygen atoms in total. The lowest BCUT2D eigenvalue weighted by Crippen LogP contribution is -2.61. The summed E-state index contributed by atoms with van der Waals surface area (Å²) in [6.07, 6.45) is 1.00. The van der Waals surface area contributed by atoms with E-state index >= 15 is 0 Å². The minimum Gasteiger partial charge on any atom is -0.481 e. The number of benzene rings is 2. The van der Waals surface area contributed by atoms with E-state index in [4.69, 9.17) is 9.84 Å². The highest BCUT2D eigenvalue weighted by Gasteiger charge is 2.47. The number of fused-ring (bicyclic) bond motifs is 3. The Balaban J connectivity index is 1.11. The Morgan fingerprint density at radius 1 is 1.09 bits per heavy atom. The smallest absolute Gasteiger partial charge is 0.407 e. The van der Waals surface area contributed by atoms with Gasteiger partial charge in [-0.05, 0) is 29.2 Å². The Morgan fingerprint density at radius 3 is 2.34 bits per heavy atom. The number of hydrogen-bond donors (Lipinski definition) is 2. The molecule has 2 amide bonds. The van der Waals surface area contributed by atoms with Crippen molar-refractivity contribution < 1.29 is 24.2 Å². The molecular formula is C25H25N5O5. The zero-order valence-electron chi connectivity index (χ0n) is 19.2. The van der Waals surface area contributed by atoms with Crippen molar-refractivity contribution in [1.82, 2.24) is 25.2 Å². The highest BCUT2D eigenvalue weighted by atomic mass is 16.5. The van der Waals surface area contributed by atoms with Crippen LogP contribution in [0.4, 0.5) is 4.79 Å². The maximum absolute atomic E-state index is 12.3. The molecule has 2 aliphatic rings. The number of carbonyl (C=O) groups excluding carboxylic acids is 2. The maximum Gasteiger partial charge on any atom is 0.407 e. The van der Waals surface area contributed by atoms with Gasteiger partial charge in [0.2, 0.25) is 5.91 Å². The van der Waals surface area contributed by atoms with Gasteiger partial charge in [0.1, 0.15) is 18.8 Å². The molecule has 1 saturated heterocycles. The van der Waals surface area contributed by atoms with Gasteiger partial charge in [-0.15, -0.1) is 5.10 Å². The summed E-state index contributed by atoms with van der Waals surface area (Å²) in [5.41, 5.74) is 4.18. The predicted molar refractivity (Wildman–Crippen MR) is 124 cm³/mol. The monoisotopic (exact) mass is 475 g/mol. The van der Waals surface area contributed by atoms with Gasteiger partial charge in [-0.25, -0.2) is 9.48 Å². The van der Waals surface area contributed by atoms with E-state index in [1.54, 1.807) is 13.1 Å². The van der Waals surface area contributed by atoms with Crippen molar-refractivity contribution in [2.45, 2.75) is 25.9 Å². The Labute approximate surface area is 201 Å². The van der Waals surface area contributed by atoms with Gasteiger partial charge >= 0.3 is 12.1 Å². The molecule has 2 aromatic carbocycles. The van der Waals surface area contributed by atoms with Gasteiger partial charge in [0, 0.05) is 19.0 Å². The topological polar surface area (TPSA) is 127 Å². The number of carboxylic acids is 1. The van der Waals surface area contributed by atoms with Crippen LogP contribution < -0.4 is 5.32 Å². The van der Waals surface area contributed by atoms with Crippen LogP contribution in [0.2, 0.25) is 0 Å². The van der Waals surface area contributed by atoms with E-state index in [0.717, 1.165) is 22.3 Å². The fourth-order valence-corrected chi connectivity index (χ4v) is 4.66. The van der Waals surface area contributed by atoms with Crippen molar-refractivity contribution in [3.8, 4) is 11.1 Å². The molecule has 5 rings (SSSR count). The first-order valence-corrected chi connectivity index (χ1v) is 11.3. The average Bonchev–Trinajstić information content (AvgIpc) is 3.41. The zero-order chi connectivity index (χ0) is 24.6. The SMILES string of the molecule is CC1(C(=O)O)CN(C(=O)Cn2cc(CNC(=O)OCC3c4ccccc4-c4ccccc43)nn2)C1. The molecule has 1 aliphatic heterocycles. The van der Waals surface area contributed by atoms with E-state index < -0.39 is 17.5 Å². The van der Waals surface area contributed by atoms with E-state index in [9.17, 15) is 14.4 Å². The van der Waals surface area contributed by atoms with Crippen molar-refractivity contribution >= 4 is 18.0 Å². The number of aliphatic carboxylic acids is 1. The highest BCUT2D eigenvalue weighted by Crippen LogP contribution is 2.44. The van der Waals surface area contributed by atoms with Crippen LogP contribution in [-0.4, -0.2) is 62.7 Å². The summed E-state index contributed by atoms with van der Waals surface area (Å²) in [7, 11) is 0. The van der Waals surface area contributed by atoms with E-state index in [0.29, 0.717) is 5.69 Å². The van der Waals surface area contributed by atoms with Gasteiger partial charge < -0.3 is 20.1 Å². The Bertz CT molecular complexity index is 1250. The number of carboxylic acid groups (broad SMARTS) is 1. The first-order valence-electron chi connectivity index (χ1n) is 11.3. The average molecular weight is 476 g/mol. The van der Waals surface area contributed by atoms with E-state index in [1.807, 2.05) is 24.3 Å². The third kappa shape index (κ3) is 4.34. The van der Waals surface area contributed by atoms with E-state index in [-0.39, 0.29) is 44.6 Å². The summed E-state index contributed by atoms with van der Waals surface area (Å²) in [5.74, 6) is -1.17. The van der Waals surface area contributed by atoms with Gasteiger partial charge in [-0.3, -0.25) is 9.59 Å². The largest absolute Gasteiger partial charge is 0.481 e. The Kier molecular flexibility index (Phi) is 5.72. The number of rotatable bonds is 7. The standard InChI is InChI=1S/C25H25N5O5/c1-25(23(32)33)14-29(15-25)22(31)12-30-11-16(27-28-30)10-26-24(34)35-13-21-19-8-4-2-6-17(19)18-7-3-5-9-20(18)21/h2-9,11,21H,10,12-15H2,1H3,(H,26,34)(H,32,33). The number of nitrogens with zero attached hydrogens (tertiary/aromatic N) is 4. The molecule has 0 atom stereocenters. The third-order valence-corrected chi connectivity index (χ3v) is 6.59. The lowest BCUT2D eigenvalue weighted by atomic mass is 9.82. The lowest BCUT2D eigenvalue weighted by molar-refractivity contribution is -0.164. The van der Waals surface area contributed by atoms with Crippen LogP contribution in [0.3, 0.4) is 0 Å². The molecule has 1 aromatic heterocycles. The molecule has 0 unspecified atom stereocenters. The molecule has 1 aliphatic carbocycles. The number of hydrogen-bond acceptors (Lipinski definition) is 6. The minimum atomic E-state index is -0.913. The number of amides is 2. The number of carbonyl (C=O) groups is 3. The first kappa shape index (κ1) is 22.6. The molecule has 3 aromatic rings. The lowest BCUT2D eigenvalue weighted by Gasteiger charge is -2.44. The van der Waals surface area contributed by atoms with Crippen LogP contribution in [0.5, 0.6) is 0 Å². The zero-order valence-corrected chi connectivity index (χ0v) is 19.2. The summed E-state index contributed by atoms with van der Waals surface area (Å²) < 4.78 is 6.88. The second kappa shape index (κ2) is 8.86. The maximum atomic E-state index is 12.3. The fourth-order valence-electron chi connectivity index (χ4n) is 4.66. The van der Waals surface area contributed by atoms with Crippen LogP contribution in [0, 0.1) is 5.41 Å². The quantitative estimate of drug-likeness (QED) is 0.537. The molecular weight excluding hydrogens is 450 g/mol. The summed E-state index contributed by atoms with van der Waals surface area (Å²) in [5, 5.41) is 19.7. The van der Waals surface area contributed by atoms with Gasteiger partial charge in [0.15, 0.2) is 0 Å². The molecule has 180 valence electrons. The molecule has 10 heteroatoms. The van der Waals surface area contributed by atoms with Crippen molar-refractivity contribution in [2.75, 3.05) is 19.7 Å². The summed E-state index contributed by atoms with van der Waals surface area (Å²) >= 11 is 0.